The summed E-state index contributed by atoms with van der Waals surface area (Å²) in [6.07, 6.45) is 6.25. The summed E-state index contributed by atoms with van der Waals surface area (Å²) in [4.78, 5) is 7.89. The van der Waals surface area contributed by atoms with Gasteiger partial charge in [-0.2, -0.15) is 0 Å². The second-order valence-electron chi connectivity index (χ2n) is 5.43. The van der Waals surface area contributed by atoms with Crippen molar-refractivity contribution in [3.05, 3.63) is 40.3 Å². The molecule has 1 aliphatic carbocycles. The Hall–Kier alpha value is -1.03. The highest BCUT2D eigenvalue weighted by Gasteiger charge is 2.23. The molecule has 2 aromatic rings. The zero-order chi connectivity index (χ0) is 14.1. The number of hydrogen-bond donors (Lipinski definition) is 2. The Morgan fingerprint density at radius 3 is 2.90 bits per heavy atom. The molecule has 3 nitrogen and oxygen atoms in total. The average Bonchev–Trinajstić information content (AvgIpc) is 2.91. The molecule has 0 saturated heterocycles. The van der Waals surface area contributed by atoms with E-state index in [1.165, 1.54) is 6.42 Å². The van der Waals surface area contributed by atoms with E-state index in [0.29, 0.717) is 16.0 Å². The summed E-state index contributed by atoms with van der Waals surface area (Å²) in [5.41, 5.74) is 7.84. The van der Waals surface area contributed by atoms with Gasteiger partial charge in [-0.3, -0.25) is 0 Å². The van der Waals surface area contributed by atoms with Crippen molar-refractivity contribution in [3.63, 3.8) is 0 Å². The van der Waals surface area contributed by atoms with Crippen molar-refractivity contribution >= 4 is 23.2 Å². The van der Waals surface area contributed by atoms with Gasteiger partial charge in [-0.05, 0) is 37.5 Å². The van der Waals surface area contributed by atoms with Crippen molar-refractivity contribution in [1.29, 1.82) is 0 Å². The van der Waals surface area contributed by atoms with Crippen LogP contribution in [-0.2, 0) is 0 Å². The molecule has 1 aromatic heterocycles. The first kappa shape index (κ1) is 13.9. The van der Waals surface area contributed by atoms with E-state index in [1.54, 1.807) is 12.1 Å². The molecule has 1 saturated carbocycles. The predicted molar refractivity (Wildman–Crippen MR) is 83.2 cm³/mol. The van der Waals surface area contributed by atoms with Crippen molar-refractivity contribution < 1.29 is 0 Å². The molecule has 1 aromatic carbocycles. The van der Waals surface area contributed by atoms with E-state index in [2.05, 4.69) is 9.97 Å². The maximum atomic E-state index is 6.22. The van der Waals surface area contributed by atoms with E-state index in [1.807, 2.05) is 12.3 Å². The van der Waals surface area contributed by atoms with Crippen LogP contribution in [0.2, 0.25) is 10.0 Å². The molecule has 0 bridgehead atoms. The largest absolute Gasteiger partial charge is 0.342 e. The zero-order valence-corrected chi connectivity index (χ0v) is 12.6. The van der Waals surface area contributed by atoms with Gasteiger partial charge in [-0.15, -0.1) is 0 Å². The topological polar surface area (TPSA) is 54.7 Å². The molecule has 3 N–H and O–H groups in total. The van der Waals surface area contributed by atoms with E-state index in [-0.39, 0.29) is 6.04 Å². The van der Waals surface area contributed by atoms with Crippen LogP contribution in [0.15, 0.2) is 24.4 Å². The summed E-state index contributed by atoms with van der Waals surface area (Å²) in [7, 11) is 0. The third-order valence-electron chi connectivity index (χ3n) is 3.92. The van der Waals surface area contributed by atoms with Crippen LogP contribution >= 0.6 is 23.2 Å². The SMILES string of the molecule is NC1CCCC(c2ncc(-c3cc(Cl)ccc3Cl)[nH]2)C1. The Kier molecular flexibility index (Phi) is 4.01. The summed E-state index contributed by atoms with van der Waals surface area (Å²) in [6, 6.07) is 5.73. The number of nitrogens with zero attached hydrogens (tertiary/aromatic N) is 1. The third-order valence-corrected chi connectivity index (χ3v) is 4.48. The van der Waals surface area contributed by atoms with Crippen LogP contribution < -0.4 is 5.73 Å². The van der Waals surface area contributed by atoms with Gasteiger partial charge in [0, 0.05) is 22.5 Å². The molecule has 2 unspecified atom stereocenters. The highest BCUT2D eigenvalue weighted by molar-refractivity contribution is 6.35. The normalized spacial score (nSPS) is 22.9. The Morgan fingerprint density at radius 1 is 1.25 bits per heavy atom. The van der Waals surface area contributed by atoms with E-state index in [4.69, 9.17) is 28.9 Å². The lowest BCUT2D eigenvalue weighted by atomic mass is 9.86. The summed E-state index contributed by atoms with van der Waals surface area (Å²) >= 11 is 12.3. The van der Waals surface area contributed by atoms with Gasteiger partial charge in [-0.25, -0.2) is 4.98 Å². The molecule has 5 heteroatoms. The van der Waals surface area contributed by atoms with Crippen LogP contribution in [0.4, 0.5) is 0 Å². The highest BCUT2D eigenvalue weighted by atomic mass is 35.5. The lowest BCUT2D eigenvalue weighted by molar-refractivity contribution is 0.383. The van der Waals surface area contributed by atoms with Gasteiger partial charge in [0.15, 0.2) is 0 Å². The Labute approximate surface area is 128 Å². The minimum atomic E-state index is 0.289. The molecule has 3 rings (SSSR count). The van der Waals surface area contributed by atoms with Crippen molar-refractivity contribution in [1.82, 2.24) is 9.97 Å². The third kappa shape index (κ3) is 2.85. The number of halogens is 2. The molecule has 0 spiro atoms. The number of aromatic amines is 1. The monoisotopic (exact) mass is 309 g/mol. The fourth-order valence-corrected chi connectivity index (χ4v) is 3.25. The fourth-order valence-electron chi connectivity index (χ4n) is 2.86. The number of hydrogen-bond acceptors (Lipinski definition) is 2. The number of rotatable bonds is 2. The molecular formula is C15H17Cl2N3. The van der Waals surface area contributed by atoms with Crippen LogP contribution in [0, 0.1) is 0 Å². The number of benzene rings is 1. The van der Waals surface area contributed by atoms with Crippen LogP contribution in [0.5, 0.6) is 0 Å². The van der Waals surface area contributed by atoms with Gasteiger partial charge in [-0.1, -0.05) is 29.6 Å². The summed E-state index contributed by atoms with van der Waals surface area (Å²) < 4.78 is 0. The van der Waals surface area contributed by atoms with Gasteiger partial charge in [0.2, 0.25) is 0 Å². The smallest absolute Gasteiger partial charge is 0.109 e. The van der Waals surface area contributed by atoms with E-state index < -0.39 is 0 Å². The molecule has 0 radical (unpaired) electrons. The molecule has 20 heavy (non-hydrogen) atoms. The molecule has 106 valence electrons. The van der Waals surface area contributed by atoms with Crippen LogP contribution in [0.25, 0.3) is 11.3 Å². The lowest BCUT2D eigenvalue weighted by Gasteiger charge is -2.24. The van der Waals surface area contributed by atoms with E-state index in [0.717, 1.165) is 36.3 Å². The molecule has 1 fully saturated rings. The minimum Gasteiger partial charge on any atom is -0.342 e. The fraction of sp³-hybridized carbons (Fsp3) is 0.400. The molecule has 0 amide bonds. The van der Waals surface area contributed by atoms with Crippen LogP contribution in [0.1, 0.15) is 37.4 Å². The Morgan fingerprint density at radius 2 is 2.10 bits per heavy atom. The Bertz CT molecular complexity index is 609. The number of H-pyrrole nitrogens is 1. The second kappa shape index (κ2) is 5.76. The van der Waals surface area contributed by atoms with Crippen molar-refractivity contribution in [2.45, 2.75) is 37.6 Å². The first-order valence-electron chi connectivity index (χ1n) is 6.89. The molecule has 2 atom stereocenters. The molecular weight excluding hydrogens is 293 g/mol. The van der Waals surface area contributed by atoms with Crippen molar-refractivity contribution in [2.24, 2.45) is 5.73 Å². The average molecular weight is 310 g/mol. The van der Waals surface area contributed by atoms with Gasteiger partial charge in [0.25, 0.3) is 0 Å². The van der Waals surface area contributed by atoms with Gasteiger partial charge in [0.05, 0.1) is 16.9 Å². The number of nitrogens with two attached hydrogens (primary N) is 1. The van der Waals surface area contributed by atoms with Crippen molar-refractivity contribution in [2.75, 3.05) is 0 Å². The first-order valence-corrected chi connectivity index (χ1v) is 7.65. The summed E-state index contributed by atoms with van der Waals surface area (Å²) in [6.45, 7) is 0. The minimum absolute atomic E-state index is 0.289. The lowest BCUT2D eigenvalue weighted by Crippen LogP contribution is -2.27. The van der Waals surface area contributed by atoms with Gasteiger partial charge in [0.1, 0.15) is 5.82 Å². The molecule has 0 aliphatic heterocycles. The summed E-state index contributed by atoms with van der Waals surface area (Å²) in [5, 5.41) is 1.34. The zero-order valence-electron chi connectivity index (χ0n) is 11.1. The van der Waals surface area contributed by atoms with Crippen molar-refractivity contribution in [3.8, 4) is 11.3 Å². The maximum Gasteiger partial charge on any atom is 0.109 e. The number of aromatic nitrogens is 2. The first-order chi connectivity index (χ1) is 9.63. The van der Waals surface area contributed by atoms with E-state index >= 15 is 0 Å². The number of imidazole rings is 1. The Balaban J connectivity index is 1.88. The van der Waals surface area contributed by atoms with Gasteiger partial charge < -0.3 is 10.7 Å². The van der Waals surface area contributed by atoms with Crippen LogP contribution in [-0.4, -0.2) is 16.0 Å². The van der Waals surface area contributed by atoms with E-state index in [9.17, 15) is 0 Å². The quantitative estimate of drug-likeness (QED) is 0.865. The highest BCUT2D eigenvalue weighted by Crippen LogP contribution is 2.34. The van der Waals surface area contributed by atoms with Crippen LogP contribution in [0.3, 0.4) is 0 Å². The number of nitrogens with one attached hydrogen (secondary N) is 1. The summed E-state index contributed by atoms with van der Waals surface area (Å²) in [5.74, 6) is 1.43. The standard InChI is InChI=1S/C15H17Cl2N3/c16-10-4-5-13(17)12(7-10)14-8-19-15(20-14)9-2-1-3-11(18)6-9/h4-5,7-9,11H,1-3,6,18H2,(H,19,20). The second-order valence-corrected chi connectivity index (χ2v) is 6.27. The maximum absolute atomic E-state index is 6.22. The predicted octanol–water partition coefficient (Wildman–Crippen LogP) is 4.37. The molecule has 1 aliphatic rings. The van der Waals surface area contributed by atoms with Gasteiger partial charge >= 0.3 is 0 Å². The molecule has 1 heterocycles.